The molecule has 6 nitrogen and oxygen atoms in total. The first-order valence-corrected chi connectivity index (χ1v) is 10.2. The van der Waals surface area contributed by atoms with Gasteiger partial charge in [-0.3, -0.25) is 4.79 Å². The maximum Gasteiger partial charge on any atom is 0.273 e. The first kappa shape index (κ1) is 20.3. The van der Waals surface area contributed by atoms with Crippen molar-refractivity contribution in [3.63, 3.8) is 0 Å². The van der Waals surface area contributed by atoms with Gasteiger partial charge in [0.2, 0.25) is 0 Å². The van der Waals surface area contributed by atoms with Crippen LogP contribution in [0.15, 0.2) is 78.9 Å². The molecule has 0 aliphatic carbocycles. The summed E-state index contributed by atoms with van der Waals surface area (Å²) in [5.74, 6) is 0.514. The van der Waals surface area contributed by atoms with Crippen molar-refractivity contribution >= 4 is 5.91 Å². The average molecular weight is 412 g/mol. The molecule has 0 radical (unpaired) electrons. The van der Waals surface area contributed by atoms with Crippen LogP contribution in [0.4, 0.5) is 0 Å². The zero-order chi connectivity index (χ0) is 21.6. The van der Waals surface area contributed by atoms with Gasteiger partial charge in [0.25, 0.3) is 5.91 Å². The Morgan fingerprint density at radius 2 is 1.65 bits per heavy atom. The molecule has 0 fully saturated rings. The molecular weight excluding hydrogens is 388 g/mol. The number of rotatable bonds is 7. The fourth-order valence-corrected chi connectivity index (χ4v) is 3.33. The van der Waals surface area contributed by atoms with Gasteiger partial charge < -0.3 is 10.1 Å². The molecule has 1 heterocycles. The lowest BCUT2D eigenvalue weighted by molar-refractivity contribution is 0.0941. The molecule has 1 aromatic heterocycles. The highest BCUT2D eigenvalue weighted by Gasteiger charge is 2.17. The third kappa shape index (κ3) is 4.64. The van der Waals surface area contributed by atoms with E-state index in [1.807, 2.05) is 92.7 Å². The molecule has 31 heavy (non-hydrogen) atoms. The summed E-state index contributed by atoms with van der Waals surface area (Å²) in [6.07, 6.45) is 0. The number of amides is 1. The van der Waals surface area contributed by atoms with Crippen molar-refractivity contribution < 1.29 is 9.53 Å². The summed E-state index contributed by atoms with van der Waals surface area (Å²) in [5.41, 5.74) is 5.14. The van der Waals surface area contributed by atoms with E-state index in [4.69, 9.17) is 4.74 Å². The van der Waals surface area contributed by atoms with Crippen LogP contribution in [0.1, 0.15) is 21.7 Å². The molecule has 1 amide bonds. The Bertz CT molecular complexity index is 1170. The van der Waals surface area contributed by atoms with Crippen LogP contribution in [-0.4, -0.2) is 34.1 Å². The number of carbonyl (C=O) groups excluding carboxylic acids is 1. The first-order valence-electron chi connectivity index (χ1n) is 10.2. The number of nitrogens with one attached hydrogen (secondary N) is 1. The third-order valence-corrected chi connectivity index (χ3v) is 5.01. The van der Waals surface area contributed by atoms with E-state index in [0.717, 1.165) is 28.1 Å². The number of benzene rings is 3. The Balaban J connectivity index is 1.36. The summed E-state index contributed by atoms with van der Waals surface area (Å²) >= 11 is 0. The minimum absolute atomic E-state index is 0.268. The summed E-state index contributed by atoms with van der Waals surface area (Å²) in [6.45, 7) is 4.57. The summed E-state index contributed by atoms with van der Waals surface area (Å²) in [4.78, 5) is 12.6. The fourth-order valence-electron chi connectivity index (χ4n) is 3.33. The van der Waals surface area contributed by atoms with E-state index < -0.39 is 0 Å². The highest BCUT2D eigenvalue weighted by molar-refractivity contribution is 5.93. The predicted octanol–water partition coefficient (Wildman–Crippen LogP) is 4.36. The van der Waals surface area contributed by atoms with Crippen molar-refractivity contribution in [3.8, 4) is 22.6 Å². The lowest BCUT2D eigenvalue weighted by Crippen LogP contribution is -2.29. The van der Waals surface area contributed by atoms with E-state index in [-0.39, 0.29) is 5.91 Å². The summed E-state index contributed by atoms with van der Waals surface area (Å²) in [6, 6.07) is 25.9. The number of hydrogen-bond donors (Lipinski definition) is 1. The van der Waals surface area contributed by atoms with Gasteiger partial charge in [-0.05, 0) is 37.6 Å². The second-order valence-electron chi connectivity index (χ2n) is 7.24. The van der Waals surface area contributed by atoms with Crippen molar-refractivity contribution in [2.75, 3.05) is 13.2 Å². The van der Waals surface area contributed by atoms with Gasteiger partial charge in [-0.2, -0.15) is 0 Å². The van der Waals surface area contributed by atoms with Crippen LogP contribution in [-0.2, 0) is 0 Å². The quantitative estimate of drug-likeness (QED) is 0.458. The Morgan fingerprint density at radius 3 is 2.42 bits per heavy atom. The Kier molecular flexibility index (Phi) is 6.08. The number of carbonyl (C=O) groups is 1. The SMILES string of the molecule is Cc1ccc(-n2nnc(C(=O)NCCOc3ccccc3-c3ccccc3)c2C)cc1. The van der Waals surface area contributed by atoms with Crippen LogP contribution in [0.25, 0.3) is 16.8 Å². The van der Waals surface area contributed by atoms with Crippen molar-refractivity contribution in [2.24, 2.45) is 0 Å². The Labute approximate surface area is 181 Å². The second-order valence-corrected chi connectivity index (χ2v) is 7.24. The molecule has 0 aliphatic heterocycles. The normalized spacial score (nSPS) is 10.6. The van der Waals surface area contributed by atoms with Crippen LogP contribution in [0.3, 0.4) is 0 Å². The van der Waals surface area contributed by atoms with Crippen LogP contribution < -0.4 is 10.1 Å². The van der Waals surface area contributed by atoms with Crippen molar-refractivity contribution in [1.82, 2.24) is 20.3 Å². The largest absolute Gasteiger partial charge is 0.491 e. The molecule has 4 aromatic rings. The Morgan fingerprint density at radius 1 is 0.935 bits per heavy atom. The van der Waals surface area contributed by atoms with Gasteiger partial charge in [0, 0.05) is 5.56 Å². The van der Waals surface area contributed by atoms with Crippen LogP contribution in [0.2, 0.25) is 0 Å². The summed E-state index contributed by atoms with van der Waals surface area (Å²) < 4.78 is 7.61. The summed E-state index contributed by atoms with van der Waals surface area (Å²) in [7, 11) is 0. The number of ether oxygens (including phenoxy) is 1. The topological polar surface area (TPSA) is 69.0 Å². The molecule has 6 heteroatoms. The summed E-state index contributed by atoms with van der Waals surface area (Å²) in [5, 5.41) is 11.1. The molecule has 0 bridgehead atoms. The van der Waals surface area contributed by atoms with Crippen LogP contribution >= 0.6 is 0 Å². The number of para-hydroxylation sites is 1. The molecule has 0 unspecified atom stereocenters. The Hall–Kier alpha value is -3.93. The number of hydrogen-bond acceptors (Lipinski definition) is 4. The molecule has 156 valence electrons. The van der Waals surface area contributed by atoms with E-state index >= 15 is 0 Å². The van der Waals surface area contributed by atoms with E-state index in [1.54, 1.807) is 4.68 Å². The smallest absolute Gasteiger partial charge is 0.273 e. The van der Waals surface area contributed by atoms with E-state index in [2.05, 4.69) is 15.6 Å². The highest BCUT2D eigenvalue weighted by atomic mass is 16.5. The number of nitrogens with zero attached hydrogens (tertiary/aromatic N) is 3. The van der Waals surface area contributed by atoms with Crippen molar-refractivity contribution in [2.45, 2.75) is 13.8 Å². The molecule has 4 rings (SSSR count). The van der Waals surface area contributed by atoms with Gasteiger partial charge >= 0.3 is 0 Å². The van der Waals surface area contributed by atoms with Gasteiger partial charge in [-0.25, -0.2) is 4.68 Å². The van der Waals surface area contributed by atoms with Crippen molar-refractivity contribution in [1.29, 1.82) is 0 Å². The maximum atomic E-state index is 12.6. The van der Waals surface area contributed by atoms with Gasteiger partial charge in [0.1, 0.15) is 12.4 Å². The third-order valence-electron chi connectivity index (χ3n) is 5.01. The minimum atomic E-state index is -0.268. The van der Waals surface area contributed by atoms with Gasteiger partial charge in [-0.15, -0.1) is 5.10 Å². The fraction of sp³-hybridized carbons (Fsp3) is 0.160. The zero-order valence-corrected chi connectivity index (χ0v) is 17.6. The van der Waals surface area contributed by atoms with Gasteiger partial charge in [-0.1, -0.05) is 71.4 Å². The molecule has 0 atom stereocenters. The van der Waals surface area contributed by atoms with E-state index in [0.29, 0.717) is 24.5 Å². The van der Waals surface area contributed by atoms with Gasteiger partial charge in [0.15, 0.2) is 5.69 Å². The zero-order valence-electron chi connectivity index (χ0n) is 17.6. The minimum Gasteiger partial charge on any atom is -0.491 e. The molecule has 0 saturated carbocycles. The predicted molar refractivity (Wildman–Crippen MR) is 121 cm³/mol. The average Bonchev–Trinajstić information content (AvgIpc) is 3.19. The molecule has 3 aromatic carbocycles. The highest BCUT2D eigenvalue weighted by Crippen LogP contribution is 2.29. The number of aromatic nitrogens is 3. The monoisotopic (exact) mass is 412 g/mol. The van der Waals surface area contributed by atoms with E-state index in [1.165, 1.54) is 0 Å². The molecular formula is C25H24N4O2. The first-order chi connectivity index (χ1) is 15.1. The number of aryl methyl sites for hydroxylation is 1. The molecule has 0 saturated heterocycles. The molecule has 0 aliphatic rings. The van der Waals surface area contributed by atoms with Crippen molar-refractivity contribution in [3.05, 3.63) is 95.8 Å². The lowest BCUT2D eigenvalue weighted by Gasteiger charge is -2.12. The lowest BCUT2D eigenvalue weighted by atomic mass is 10.1. The molecule has 0 spiro atoms. The molecule has 1 N–H and O–H groups in total. The van der Waals surface area contributed by atoms with Gasteiger partial charge in [0.05, 0.1) is 17.9 Å². The van der Waals surface area contributed by atoms with Crippen LogP contribution in [0, 0.1) is 13.8 Å². The maximum absolute atomic E-state index is 12.6. The second kappa shape index (κ2) is 9.26. The van der Waals surface area contributed by atoms with Crippen LogP contribution in [0.5, 0.6) is 5.75 Å². The van der Waals surface area contributed by atoms with E-state index in [9.17, 15) is 4.79 Å². The standard InChI is InChI=1S/C25H24N4O2/c1-18-12-14-21(15-13-18)29-19(2)24(27-28-29)25(30)26-16-17-31-23-11-7-6-10-22(23)20-8-4-3-5-9-20/h3-15H,16-17H2,1-2H3,(H,26,30).